The fourth-order valence-electron chi connectivity index (χ4n) is 1.13. The van der Waals surface area contributed by atoms with Crippen LogP contribution in [0.5, 0.6) is 0 Å². The van der Waals surface area contributed by atoms with Crippen molar-refractivity contribution in [3.63, 3.8) is 0 Å². The van der Waals surface area contributed by atoms with Crippen molar-refractivity contribution < 1.29 is 9.53 Å². The highest BCUT2D eigenvalue weighted by atomic mass is 127. The molecule has 0 N–H and O–H groups in total. The Morgan fingerprint density at radius 3 is 2.53 bits per heavy atom. The number of carbonyl (C=O) groups excluding carboxylic acids is 1. The third kappa shape index (κ3) is 4.52. The molecule has 0 fully saturated rings. The SMILES string of the molecule is COC(=O)c1cc(C#C[Si](C)(C)C)ccc1I. The first kappa shape index (κ1) is 14.3. The van der Waals surface area contributed by atoms with Crippen molar-refractivity contribution in [2.24, 2.45) is 0 Å². The molecule has 4 heteroatoms. The first-order valence-corrected chi connectivity index (χ1v) is 9.82. The Bertz CT molecular complexity index is 492. The fraction of sp³-hybridized carbons (Fsp3) is 0.308. The summed E-state index contributed by atoms with van der Waals surface area (Å²) in [5.41, 5.74) is 4.72. The number of carbonyl (C=O) groups is 1. The topological polar surface area (TPSA) is 26.3 Å². The first-order chi connectivity index (χ1) is 7.83. The van der Waals surface area contributed by atoms with E-state index in [0.717, 1.165) is 9.13 Å². The lowest BCUT2D eigenvalue weighted by molar-refractivity contribution is 0.0599. The molecule has 0 bridgehead atoms. The molecule has 0 saturated carbocycles. The van der Waals surface area contributed by atoms with Crippen molar-refractivity contribution >= 4 is 36.6 Å². The molecule has 0 spiro atoms. The van der Waals surface area contributed by atoms with Crippen LogP contribution in [0, 0.1) is 15.0 Å². The smallest absolute Gasteiger partial charge is 0.338 e. The molecular weight excluding hydrogens is 343 g/mol. The predicted octanol–water partition coefficient (Wildman–Crippen LogP) is 3.31. The van der Waals surface area contributed by atoms with E-state index in [2.05, 4.69) is 53.7 Å². The van der Waals surface area contributed by atoms with E-state index in [-0.39, 0.29) is 5.97 Å². The van der Waals surface area contributed by atoms with E-state index in [1.807, 2.05) is 12.1 Å². The van der Waals surface area contributed by atoms with Gasteiger partial charge >= 0.3 is 5.97 Å². The van der Waals surface area contributed by atoms with Gasteiger partial charge in [-0.2, -0.15) is 0 Å². The molecule has 0 aliphatic heterocycles. The zero-order chi connectivity index (χ0) is 13.1. The van der Waals surface area contributed by atoms with E-state index >= 15 is 0 Å². The van der Waals surface area contributed by atoms with Gasteiger partial charge in [-0.1, -0.05) is 25.6 Å². The number of ether oxygens (including phenoxy) is 1. The second-order valence-electron chi connectivity index (χ2n) is 4.69. The van der Waals surface area contributed by atoms with Crippen LogP contribution in [0.15, 0.2) is 18.2 Å². The molecule has 0 aliphatic rings. The van der Waals surface area contributed by atoms with Crippen molar-refractivity contribution in [3.05, 3.63) is 32.9 Å². The van der Waals surface area contributed by atoms with Crippen LogP contribution in [0.4, 0.5) is 0 Å². The van der Waals surface area contributed by atoms with Gasteiger partial charge in [0.15, 0.2) is 0 Å². The molecule has 0 radical (unpaired) electrons. The summed E-state index contributed by atoms with van der Waals surface area (Å²) in [6, 6.07) is 5.61. The molecule has 0 atom stereocenters. The Morgan fingerprint density at radius 1 is 1.35 bits per heavy atom. The molecule has 2 nitrogen and oxygen atoms in total. The van der Waals surface area contributed by atoms with Crippen LogP contribution < -0.4 is 0 Å². The first-order valence-electron chi connectivity index (χ1n) is 5.24. The average molecular weight is 358 g/mol. The third-order valence-corrected chi connectivity index (χ3v) is 3.77. The minimum Gasteiger partial charge on any atom is -0.465 e. The number of rotatable bonds is 1. The highest BCUT2D eigenvalue weighted by Gasteiger charge is 2.11. The minimum atomic E-state index is -1.39. The molecule has 90 valence electrons. The molecule has 17 heavy (non-hydrogen) atoms. The highest BCUT2D eigenvalue weighted by Crippen LogP contribution is 2.15. The van der Waals surface area contributed by atoms with E-state index in [4.69, 9.17) is 4.74 Å². The molecule has 1 aromatic rings. The lowest BCUT2D eigenvalue weighted by atomic mass is 10.1. The number of methoxy groups -OCH3 is 1. The zero-order valence-electron chi connectivity index (χ0n) is 10.4. The van der Waals surface area contributed by atoms with Gasteiger partial charge in [0.1, 0.15) is 8.07 Å². The highest BCUT2D eigenvalue weighted by molar-refractivity contribution is 14.1. The van der Waals surface area contributed by atoms with Crippen molar-refractivity contribution in [2.75, 3.05) is 7.11 Å². The lowest BCUT2D eigenvalue weighted by Gasteiger charge is -2.05. The van der Waals surface area contributed by atoms with E-state index in [1.165, 1.54) is 7.11 Å². The van der Waals surface area contributed by atoms with Gasteiger partial charge in [-0.25, -0.2) is 4.79 Å². The second kappa shape index (κ2) is 5.69. The van der Waals surface area contributed by atoms with Crippen molar-refractivity contribution in [1.82, 2.24) is 0 Å². The quantitative estimate of drug-likeness (QED) is 0.333. The van der Waals surface area contributed by atoms with E-state index in [9.17, 15) is 4.79 Å². The van der Waals surface area contributed by atoms with Crippen LogP contribution in [0.3, 0.4) is 0 Å². The Morgan fingerprint density at radius 2 is 2.00 bits per heavy atom. The number of halogens is 1. The van der Waals surface area contributed by atoms with Gasteiger partial charge in [0.05, 0.1) is 12.7 Å². The maximum atomic E-state index is 11.5. The van der Waals surface area contributed by atoms with Gasteiger partial charge < -0.3 is 4.74 Å². The summed E-state index contributed by atoms with van der Waals surface area (Å²) in [4.78, 5) is 11.5. The van der Waals surface area contributed by atoms with Crippen LogP contribution >= 0.6 is 22.6 Å². The number of hydrogen-bond donors (Lipinski definition) is 0. The van der Waals surface area contributed by atoms with Crippen molar-refractivity contribution in [2.45, 2.75) is 19.6 Å². The molecular formula is C13H15IO2Si. The largest absolute Gasteiger partial charge is 0.465 e. The summed E-state index contributed by atoms with van der Waals surface area (Å²) in [5.74, 6) is 2.82. The summed E-state index contributed by atoms with van der Waals surface area (Å²) in [6.07, 6.45) is 0. The molecule has 0 saturated heterocycles. The second-order valence-corrected chi connectivity index (χ2v) is 10.6. The Hall–Kier alpha value is -0.803. The normalized spacial score (nSPS) is 10.4. The maximum absolute atomic E-state index is 11.5. The Kier molecular flexibility index (Phi) is 4.77. The average Bonchev–Trinajstić information content (AvgIpc) is 2.26. The van der Waals surface area contributed by atoms with Gasteiger partial charge in [0, 0.05) is 9.13 Å². The summed E-state index contributed by atoms with van der Waals surface area (Å²) < 4.78 is 5.62. The molecule has 1 rings (SSSR count). The van der Waals surface area contributed by atoms with Gasteiger partial charge in [-0.15, -0.1) is 5.54 Å². The molecule has 0 aliphatic carbocycles. The summed E-state index contributed by atoms with van der Waals surface area (Å²) in [6.45, 7) is 6.57. The van der Waals surface area contributed by atoms with Crippen molar-refractivity contribution in [3.8, 4) is 11.5 Å². The molecule has 0 aromatic heterocycles. The van der Waals surface area contributed by atoms with E-state index < -0.39 is 8.07 Å². The third-order valence-electron chi connectivity index (χ3n) is 1.95. The molecule has 0 amide bonds. The summed E-state index contributed by atoms with van der Waals surface area (Å²) >= 11 is 2.12. The van der Waals surface area contributed by atoms with Gasteiger partial charge in [0.2, 0.25) is 0 Å². The van der Waals surface area contributed by atoms with Crippen molar-refractivity contribution in [1.29, 1.82) is 0 Å². The monoisotopic (exact) mass is 358 g/mol. The molecule has 1 aromatic carbocycles. The standard InChI is InChI=1S/C13H15IO2Si/c1-16-13(15)11-9-10(5-6-12(11)14)7-8-17(2,3)4/h5-6,9H,1-4H3. The van der Waals surface area contributed by atoms with E-state index in [1.54, 1.807) is 6.07 Å². The van der Waals surface area contributed by atoms with Crippen LogP contribution in [0.1, 0.15) is 15.9 Å². The van der Waals surface area contributed by atoms with Gasteiger partial charge in [-0.05, 0) is 40.8 Å². The summed E-state index contributed by atoms with van der Waals surface area (Å²) in [5, 5.41) is 0. The van der Waals surface area contributed by atoms with Crippen LogP contribution in [0.25, 0.3) is 0 Å². The van der Waals surface area contributed by atoms with Crippen LogP contribution in [-0.4, -0.2) is 21.2 Å². The number of benzene rings is 1. The predicted molar refractivity (Wildman–Crippen MR) is 80.7 cm³/mol. The number of esters is 1. The molecule has 0 unspecified atom stereocenters. The summed E-state index contributed by atoms with van der Waals surface area (Å²) in [7, 11) is 0.00209. The zero-order valence-corrected chi connectivity index (χ0v) is 13.6. The fourth-order valence-corrected chi connectivity index (χ4v) is 2.20. The Labute approximate surface area is 117 Å². The minimum absolute atomic E-state index is 0.314. The number of hydrogen-bond acceptors (Lipinski definition) is 2. The maximum Gasteiger partial charge on any atom is 0.338 e. The van der Waals surface area contributed by atoms with Crippen LogP contribution in [0.2, 0.25) is 19.6 Å². The van der Waals surface area contributed by atoms with Gasteiger partial charge in [0.25, 0.3) is 0 Å². The van der Waals surface area contributed by atoms with E-state index in [0.29, 0.717) is 5.56 Å². The Balaban J connectivity index is 3.12. The lowest BCUT2D eigenvalue weighted by Crippen LogP contribution is -2.16. The van der Waals surface area contributed by atoms with Crippen LogP contribution in [-0.2, 0) is 4.74 Å². The molecule has 0 heterocycles. The van der Waals surface area contributed by atoms with Gasteiger partial charge in [-0.3, -0.25) is 0 Å².